The second-order valence-electron chi connectivity index (χ2n) is 8.81. The Balaban J connectivity index is 1.42. The first-order chi connectivity index (χ1) is 15.2. The summed E-state index contributed by atoms with van der Waals surface area (Å²) in [6.07, 6.45) is 0.935. The van der Waals surface area contributed by atoms with Crippen LogP contribution in [0.5, 0.6) is 0 Å². The van der Waals surface area contributed by atoms with Gasteiger partial charge in [-0.1, -0.05) is 12.1 Å². The Kier molecular flexibility index (Phi) is 6.51. The van der Waals surface area contributed by atoms with E-state index in [4.69, 9.17) is 0 Å². The van der Waals surface area contributed by atoms with Crippen LogP contribution in [-0.4, -0.2) is 73.8 Å². The van der Waals surface area contributed by atoms with Gasteiger partial charge in [0, 0.05) is 69.9 Å². The van der Waals surface area contributed by atoms with E-state index < -0.39 is 28.8 Å². The van der Waals surface area contributed by atoms with Gasteiger partial charge < -0.3 is 4.90 Å². The van der Waals surface area contributed by atoms with Crippen LogP contribution in [0.3, 0.4) is 0 Å². The van der Waals surface area contributed by atoms with Gasteiger partial charge in [0.15, 0.2) is 0 Å². The highest BCUT2D eigenvalue weighted by atomic mass is 32.2. The van der Waals surface area contributed by atoms with E-state index in [1.54, 1.807) is 18.3 Å². The zero-order valence-corrected chi connectivity index (χ0v) is 19.4. The molecule has 0 saturated carbocycles. The number of sulfonamides is 1. The van der Waals surface area contributed by atoms with Crippen molar-refractivity contribution in [2.75, 3.05) is 44.2 Å². The molecule has 9 heteroatoms. The second-order valence-corrected chi connectivity index (χ2v) is 10.7. The first-order valence-electron chi connectivity index (χ1n) is 11.1. The predicted molar refractivity (Wildman–Crippen MR) is 122 cm³/mol. The van der Waals surface area contributed by atoms with E-state index in [2.05, 4.69) is 28.6 Å². The number of piperazine rings is 1. The molecule has 2 aliphatic heterocycles. The molecule has 0 amide bonds. The molecular weight excluding hydrogens is 434 g/mol. The minimum Gasteiger partial charge on any atom is -0.354 e. The smallest absolute Gasteiger partial charge is 0.250 e. The molecule has 1 aromatic carbocycles. The zero-order chi connectivity index (χ0) is 22.9. The molecule has 0 bridgehead atoms. The third-order valence-electron chi connectivity index (χ3n) is 6.40. The number of pyridine rings is 1. The Morgan fingerprint density at radius 3 is 2.00 bits per heavy atom. The van der Waals surface area contributed by atoms with E-state index in [0.29, 0.717) is 6.04 Å². The number of rotatable bonds is 5. The molecule has 32 heavy (non-hydrogen) atoms. The predicted octanol–water partition coefficient (Wildman–Crippen LogP) is 3.70. The molecule has 0 N–H and O–H groups in total. The quantitative estimate of drug-likeness (QED) is 0.676. The fraction of sp³-hybridized carbons (Fsp3) is 0.522. The number of halogens is 2. The summed E-state index contributed by atoms with van der Waals surface area (Å²) >= 11 is 0. The summed E-state index contributed by atoms with van der Waals surface area (Å²) in [6.45, 7) is 8.03. The minimum atomic E-state index is -3.77. The van der Waals surface area contributed by atoms with Crippen molar-refractivity contribution in [2.24, 2.45) is 0 Å². The largest absolute Gasteiger partial charge is 0.354 e. The van der Waals surface area contributed by atoms with Crippen LogP contribution in [0, 0.1) is 0 Å². The number of hydrogen-bond donors (Lipinski definition) is 0. The van der Waals surface area contributed by atoms with Crippen molar-refractivity contribution in [1.29, 1.82) is 0 Å². The van der Waals surface area contributed by atoms with Crippen LogP contribution in [0.1, 0.15) is 26.7 Å². The molecule has 1 aromatic heterocycles. The lowest BCUT2D eigenvalue weighted by molar-refractivity contribution is -0.0412. The van der Waals surface area contributed by atoms with E-state index in [1.165, 1.54) is 12.1 Å². The third-order valence-corrected chi connectivity index (χ3v) is 8.31. The van der Waals surface area contributed by atoms with E-state index in [9.17, 15) is 17.2 Å². The molecule has 2 aliphatic rings. The van der Waals surface area contributed by atoms with Crippen molar-refractivity contribution in [3.05, 3.63) is 42.6 Å². The molecule has 0 spiro atoms. The van der Waals surface area contributed by atoms with E-state index >= 15 is 0 Å². The van der Waals surface area contributed by atoms with Crippen molar-refractivity contribution in [3.63, 3.8) is 0 Å². The van der Waals surface area contributed by atoms with Gasteiger partial charge in [0.2, 0.25) is 10.0 Å². The van der Waals surface area contributed by atoms with Gasteiger partial charge in [-0.15, -0.1) is 0 Å². The van der Waals surface area contributed by atoms with E-state index in [-0.39, 0.29) is 18.0 Å². The van der Waals surface area contributed by atoms with Gasteiger partial charge in [0.05, 0.1) is 4.90 Å². The first-order valence-corrected chi connectivity index (χ1v) is 12.5. The molecular formula is C23H30F2N4O2S. The van der Waals surface area contributed by atoms with Crippen LogP contribution in [0.25, 0.3) is 11.1 Å². The first kappa shape index (κ1) is 23.1. The maximum absolute atomic E-state index is 13.4. The SMILES string of the molecule is CC(C)N1CCN(c2ccc(-c3ccc(S(=O)(=O)N4CCC(F)(F)CC4)cc3)cn2)CC1. The molecule has 3 heterocycles. The van der Waals surface area contributed by atoms with Gasteiger partial charge >= 0.3 is 0 Å². The molecule has 0 atom stereocenters. The summed E-state index contributed by atoms with van der Waals surface area (Å²) in [6, 6.07) is 11.1. The van der Waals surface area contributed by atoms with Gasteiger partial charge in [-0.05, 0) is 43.7 Å². The average molecular weight is 465 g/mol. The lowest BCUT2D eigenvalue weighted by Crippen LogP contribution is -2.49. The van der Waals surface area contributed by atoms with Crippen molar-refractivity contribution < 1.29 is 17.2 Å². The summed E-state index contributed by atoms with van der Waals surface area (Å²) in [5.41, 5.74) is 1.76. The van der Waals surface area contributed by atoms with Gasteiger partial charge in [-0.3, -0.25) is 4.90 Å². The Labute approximate surface area is 188 Å². The lowest BCUT2D eigenvalue weighted by atomic mass is 10.1. The summed E-state index contributed by atoms with van der Waals surface area (Å²) < 4.78 is 53.5. The second kappa shape index (κ2) is 9.03. The lowest BCUT2D eigenvalue weighted by Gasteiger charge is -2.37. The monoisotopic (exact) mass is 464 g/mol. The van der Waals surface area contributed by atoms with Crippen LogP contribution in [0.4, 0.5) is 14.6 Å². The number of alkyl halides is 2. The van der Waals surface area contributed by atoms with Crippen molar-refractivity contribution >= 4 is 15.8 Å². The number of aromatic nitrogens is 1. The third kappa shape index (κ3) is 4.94. The van der Waals surface area contributed by atoms with Crippen molar-refractivity contribution in [2.45, 2.75) is 43.5 Å². The van der Waals surface area contributed by atoms with Crippen molar-refractivity contribution in [1.82, 2.24) is 14.2 Å². The number of benzene rings is 1. The van der Waals surface area contributed by atoms with Gasteiger partial charge in [-0.25, -0.2) is 22.2 Å². The number of piperidine rings is 1. The molecule has 174 valence electrons. The van der Waals surface area contributed by atoms with Crippen LogP contribution in [-0.2, 0) is 10.0 Å². The maximum Gasteiger partial charge on any atom is 0.250 e. The summed E-state index contributed by atoms with van der Waals surface area (Å²) in [5, 5.41) is 0. The van der Waals surface area contributed by atoms with Crippen LogP contribution in [0.2, 0.25) is 0 Å². The van der Waals surface area contributed by atoms with E-state index in [1.807, 2.05) is 12.1 Å². The normalized spacial score (nSPS) is 20.6. The fourth-order valence-electron chi connectivity index (χ4n) is 4.23. The highest BCUT2D eigenvalue weighted by Crippen LogP contribution is 2.31. The maximum atomic E-state index is 13.4. The number of anilines is 1. The van der Waals surface area contributed by atoms with Gasteiger partial charge in [-0.2, -0.15) is 4.31 Å². The average Bonchev–Trinajstić information content (AvgIpc) is 2.79. The molecule has 2 fully saturated rings. The number of hydrogen-bond acceptors (Lipinski definition) is 5. The molecule has 2 saturated heterocycles. The molecule has 0 unspecified atom stereocenters. The zero-order valence-electron chi connectivity index (χ0n) is 18.5. The van der Waals surface area contributed by atoms with Crippen molar-refractivity contribution in [3.8, 4) is 11.1 Å². The Morgan fingerprint density at radius 1 is 0.875 bits per heavy atom. The molecule has 2 aromatic rings. The van der Waals surface area contributed by atoms with Gasteiger partial charge in [0.25, 0.3) is 5.92 Å². The standard InChI is InChI=1S/C23H30F2N4O2S/c1-18(2)27-13-15-28(16-14-27)22-8-5-20(17-26-22)19-3-6-21(7-4-19)32(30,31)29-11-9-23(24,25)10-12-29/h3-8,17-18H,9-16H2,1-2H3. The van der Waals surface area contributed by atoms with E-state index in [0.717, 1.165) is 47.4 Å². The fourth-order valence-corrected chi connectivity index (χ4v) is 5.67. The van der Waals surface area contributed by atoms with Crippen LogP contribution in [0.15, 0.2) is 47.5 Å². The Bertz CT molecular complexity index is 1010. The van der Waals surface area contributed by atoms with Gasteiger partial charge in [0.1, 0.15) is 5.82 Å². The molecule has 6 nitrogen and oxygen atoms in total. The Hall–Kier alpha value is -2.10. The summed E-state index contributed by atoms with van der Waals surface area (Å²) in [5.74, 6) is -1.84. The summed E-state index contributed by atoms with van der Waals surface area (Å²) in [7, 11) is -3.77. The van der Waals surface area contributed by atoms with Crippen LogP contribution < -0.4 is 4.90 Å². The number of nitrogens with zero attached hydrogens (tertiary/aromatic N) is 4. The Morgan fingerprint density at radius 2 is 1.47 bits per heavy atom. The molecule has 4 rings (SSSR count). The molecule has 0 radical (unpaired) electrons. The van der Waals surface area contributed by atoms with Crippen LogP contribution >= 0.6 is 0 Å². The molecule has 0 aliphatic carbocycles. The summed E-state index contributed by atoms with van der Waals surface area (Å²) in [4.78, 5) is 9.47. The highest BCUT2D eigenvalue weighted by Gasteiger charge is 2.38. The minimum absolute atomic E-state index is 0.124. The highest BCUT2D eigenvalue weighted by molar-refractivity contribution is 7.89. The topological polar surface area (TPSA) is 56.8 Å².